The molecule has 0 aliphatic heterocycles. The first kappa shape index (κ1) is 23.3. The number of anilines is 1. The Morgan fingerprint density at radius 2 is 2.15 bits per heavy atom. The van der Waals surface area contributed by atoms with Crippen LogP contribution in [-0.4, -0.2) is 63.6 Å². The molecule has 1 aromatic heterocycles. The predicted molar refractivity (Wildman–Crippen MR) is 104 cm³/mol. The minimum Gasteiger partial charge on any atom is -0.370 e. The molecule has 154 valence electrons. The fourth-order valence-corrected chi connectivity index (χ4v) is 3.56. The van der Waals surface area contributed by atoms with Crippen molar-refractivity contribution in [3.63, 3.8) is 0 Å². The lowest BCUT2D eigenvalue weighted by molar-refractivity contribution is -0.118. The van der Waals surface area contributed by atoms with Crippen molar-refractivity contribution in [3.8, 4) is 0 Å². The average Bonchev–Trinajstić information content (AvgIpc) is 2.97. The molecular formula is C12H20F3N7O2S3. The molecule has 0 saturated carbocycles. The van der Waals surface area contributed by atoms with E-state index in [9.17, 15) is 21.6 Å². The number of nitrogens with two attached hydrogens (primary N) is 1. The molecular weight excluding hydrogens is 427 g/mol. The van der Waals surface area contributed by atoms with Gasteiger partial charge in [-0.05, 0) is 0 Å². The second kappa shape index (κ2) is 10.6. The Morgan fingerprint density at radius 3 is 2.74 bits per heavy atom. The number of alkyl halides is 3. The van der Waals surface area contributed by atoms with E-state index in [1.807, 2.05) is 0 Å². The number of rotatable bonds is 8. The highest BCUT2D eigenvalue weighted by molar-refractivity contribution is 7.98. The van der Waals surface area contributed by atoms with E-state index in [0.29, 0.717) is 23.2 Å². The molecule has 0 fully saturated rings. The molecule has 9 nitrogen and oxygen atoms in total. The summed E-state index contributed by atoms with van der Waals surface area (Å²) in [5, 5.41) is 10.1. The van der Waals surface area contributed by atoms with Gasteiger partial charge < -0.3 is 21.7 Å². The van der Waals surface area contributed by atoms with Gasteiger partial charge >= 0.3 is 6.18 Å². The zero-order valence-electron chi connectivity index (χ0n) is 14.5. The summed E-state index contributed by atoms with van der Waals surface area (Å²) in [7, 11) is -1.93. The van der Waals surface area contributed by atoms with Gasteiger partial charge in [0.1, 0.15) is 6.54 Å². The first-order valence-electron chi connectivity index (χ1n) is 7.36. The molecule has 0 spiro atoms. The average molecular weight is 448 g/mol. The van der Waals surface area contributed by atoms with Gasteiger partial charge in [-0.1, -0.05) is 0 Å². The van der Waals surface area contributed by atoms with Crippen molar-refractivity contribution >= 4 is 50.2 Å². The quantitative estimate of drug-likeness (QED) is 0.261. The fourth-order valence-electron chi connectivity index (χ4n) is 1.51. The standard InChI is InChI=1S/C12H20F3N7O2S3/c1-17-10(22-27(2,23)24)18-3-4-25-5-8-6-26-11(20-8)21-9(16)19-7-12(13,14)15/h6H,3-5,7H2,1-2H3,(H2,17,18,22)(H3,16,19,20,21). The fraction of sp³-hybridized carbons (Fsp3) is 0.583. The normalized spacial score (nSPS) is 13.5. The van der Waals surface area contributed by atoms with E-state index in [2.05, 4.69) is 30.3 Å². The molecule has 1 aromatic rings. The maximum absolute atomic E-state index is 12.1. The molecule has 0 unspecified atom stereocenters. The lowest BCUT2D eigenvalue weighted by atomic mass is 10.6. The summed E-state index contributed by atoms with van der Waals surface area (Å²) >= 11 is 2.73. The van der Waals surface area contributed by atoms with Gasteiger partial charge in [-0.15, -0.1) is 15.7 Å². The molecule has 5 N–H and O–H groups in total. The minimum atomic E-state index is -4.41. The van der Waals surface area contributed by atoms with Crippen LogP contribution in [0.1, 0.15) is 5.69 Å². The highest BCUT2D eigenvalue weighted by atomic mass is 32.2. The smallest absolute Gasteiger partial charge is 0.370 e. The molecule has 0 radical (unpaired) electrons. The van der Waals surface area contributed by atoms with Crippen LogP contribution in [0.3, 0.4) is 0 Å². The van der Waals surface area contributed by atoms with Gasteiger partial charge in [0.25, 0.3) is 10.0 Å². The highest BCUT2D eigenvalue weighted by Gasteiger charge is 2.26. The van der Waals surface area contributed by atoms with Gasteiger partial charge in [0.2, 0.25) is 5.96 Å². The van der Waals surface area contributed by atoms with E-state index in [1.165, 1.54) is 23.1 Å². The van der Waals surface area contributed by atoms with Crippen LogP contribution in [0.5, 0.6) is 0 Å². The first-order chi connectivity index (χ1) is 12.5. The number of thioether (sulfide) groups is 1. The summed E-state index contributed by atoms with van der Waals surface area (Å²) in [4.78, 5) is 7.39. The molecule has 0 saturated heterocycles. The Labute approximate surface area is 163 Å². The predicted octanol–water partition coefficient (Wildman–Crippen LogP) is 0.790. The molecule has 0 aromatic carbocycles. The lowest BCUT2D eigenvalue weighted by Gasteiger charge is -2.07. The van der Waals surface area contributed by atoms with E-state index < -0.39 is 22.7 Å². The van der Waals surface area contributed by atoms with Crippen molar-refractivity contribution < 1.29 is 21.6 Å². The number of sulfonamides is 1. The van der Waals surface area contributed by atoms with Crippen LogP contribution in [0.15, 0.2) is 14.8 Å². The van der Waals surface area contributed by atoms with Crippen LogP contribution in [0, 0.1) is 0 Å². The summed E-state index contributed by atoms with van der Waals surface area (Å²) in [5.74, 6) is 1.03. The Balaban J connectivity index is 2.36. The van der Waals surface area contributed by atoms with E-state index in [0.717, 1.165) is 11.9 Å². The molecule has 0 aliphatic carbocycles. The van der Waals surface area contributed by atoms with E-state index >= 15 is 0 Å². The van der Waals surface area contributed by atoms with E-state index in [-0.39, 0.29) is 11.9 Å². The maximum Gasteiger partial charge on any atom is 0.408 e. The second-order valence-corrected chi connectivity index (χ2v) is 8.60. The van der Waals surface area contributed by atoms with Gasteiger partial charge in [0.05, 0.1) is 11.9 Å². The molecule has 0 atom stereocenters. The highest BCUT2D eigenvalue weighted by Crippen LogP contribution is 2.19. The summed E-state index contributed by atoms with van der Waals surface area (Å²) in [6.45, 7) is -0.879. The molecule has 1 heterocycles. The van der Waals surface area contributed by atoms with Gasteiger partial charge in [-0.3, -0.25) is 0 Å². The zero-order chi connectivity index (χ0) is 20.5. The Morgan fingerprint density at radius 1 is 1.44 bits per heavy atom. The van der Waals surface area contributed by atoms with E-state index in [1.54, 1.807) is 12.4 Å². The van der Waals surface area contributed by atoms with Crippen LogP contribution in [0.2, 0.25) is 0 Å². The summed E-state index contributed by atoms with van der Waals surface area (Å²) in [6.07, 6.45) is -3.42. The Hall–Kier alpha value is -1.74. The van der Waals surface area contributed by atoms with Crippen molar-refractivity contribution in [1.29, 1.82) is 0 Å². The second-order valence-electron chi connectivity index (χ2n) is 4.99. The summed E-state index contributed by atoms with van der Waals surface area (Å²) in [6, 6.07) is 0. The third kappa shape index (κ3) is 11.6. The number of aliphatic imine (C=N–C) groups is 1. The summed E-state index contributed by atoms with van der Waals surface area (Å²) < 4.78 is 61.8. The molecule has 1 rings (SSSR count). The minimum absolute atomic E-state index is 0.159. The Kier molecular flexibility index (Phi) is 9.11. The third-order valence-corrected chi connectivity index (χ3v) is 4.81. The van der Waals surface area contributed by atoms with Gasteiger partial charge in [-0.25, -0.2) is 18.4 Å². The first-order valence-corrected chi connectivity index (χ1v) is 11.2. The SMILES string of the molecule is CN/C(=N/S(C)(=O)=O)NCCSCc1csc(N/C(N)=N\CC(F)(F)F)n1. The number of hydrogen-bond donors (Lipinski definition) is 4. The lowest BCUT2D eigenvalue weighted by Crippen LogP contribution is -2.36. The van der Waals surface area contributed by atoms with Crippen LogP contribution in [-0.2, 0) is 15.8 Å². The maximum atomic E-state index is 12.1. The monoisotopic (exact) mass is 447 g/mol. The van der Waals surface area contributed by atoms with Gasteiger partial charge in [0, 0.05) is 30.5 Å². The van der Waals surface area contributed by atoms with Crippen LogP contribution in [0.25, 0.3) is 0 Å². The molecule has 0 bridgehead atoms. The van der Waals surface area contributed by atoms with Crippen molar-refractivity contribution in [1.82, 2.24) is 15.6 Å². The molecule has 27 heavy (non-hydrogen) atoms. The zero-order valence-corrected chi connectivity index (χ0v) is 16.9. The van der Waals surface area contributed by atoms with Crippen LogP contribution >= 0.6 is 23.1 Å². The van der Waals surface area contributed by atoms with Gasteiger partial charge in [-0.2, -0.15) is 24.9 Å². The van der Waals surface area contributed by atoms with Crippen LogP contribution < -0.4 is 21.7 Å². The summed E-state index contributed by atoms with van der Waals surface area (Å²) in [5.41, 5.74) is 6.11. The third-order valence-electron chi connectivity index (χ3n) is 2.50. The van der Waals surface area contributed by atoms with Crippen molar-refractivity contribution in [2.24, 2.45) is 15.1 Å². The number of nitrogens with zero attached hydrogens (tertiary/aromatic N) is 3. The number of halogens is 3. The number of thiazole rings is 1. The molecule has 15 heteroatoms. The van der Waals surface area contributed by atoms with Crippen LogP contribution in [0.4, 0.5) is 18.3 Å². The van der Waals surface area contributed by atoms with E-state index in [4.69, 9.17) is 5.73 Å². The topological polar surface area (TPSA) is 134 Å². The number of hydrogen-bond acceptors (Lipinski definition) is 6. The number of guanidine groups is 2. The number of nitrogens with one attached hydrogen (secondary N) is 3. The van der Waals surface area contributed by atoms with Gasteiger partial charge in [0.15, 0.2) is 11.1 Å². The molecule has 0 aliphatic rings. The van der Waals surface area contributed by atoms with Crippen molar-refractivity contribution in [2.75, 3.05) is 37.5 Å². The number of aromatic nitrogens is 1. The van der Waals surface area contributed by atoms with Crippen molar-refractivity contribution in [3.05, 3.63) is 11.1 Å². The Bertz CT molecular complexity index is 763. The largest absolute Gasteiger partial charge is 0.408 e. The van der Waals surface area contributed by atoms with Crippen molar-refractivity contribution in [2.45, 2.75) is 11.9 Å². The molecule has 0 amide bonds.